The third-order valence-electron chi connectivity index (χ3n) is 3.19. The lowest BCUT2D eigenvalue weighted by Crippen LogP contribution is -2.30. The summed E-state index contributed by atoms with van der Waals surface area (Å²) in [4.78, 5) is 0. The minimum Gasteiger partial charge on any atom is -0.390 e. The van der Waals surface area contributed by atoms with Gasteiger partial charge in [0.1, 0.15) is 0 Å². The summed E-state index contributed by atoms with van der Waals surface area (Å²) in [5.74, 6) is 0.726. The van der Waals surface area contributed by atoms with E-state index in [1.807, 2.05) is 13.8 Å². The van der Waals surface area contributed by atoms with E-state index in [4.69, 9.17) is 0 Å². The van der Waals surface area contributed by atoms with Gasteiger partial charge >= 0.3 is 0 Å². The Kier molecular flexibility index (Phi) is 1.92. The van der Waals surface area contributed by atoms with E-state index in [2.05, 4.69) is 5.32 Å². The summed E-state index contributed by atoms with van der Waals surface area (Å²) in [5, 5.41) is 13.3. The zero-order chi connectivity index (χ0) is 8.77. The lowest BCUT2D eigenvalue weighted by molar-refractivity contribution is 0.0482. The largest absolute Gasteiger partial charge is 0.390 e. The predicted molar refractivity (Wildman–Crippen MR) is 49.0 cm³/mol. The van der Waals surface area contributed by atoms with Crippen LogP contribution in [0.15, 0.2) is 0 Å². The molecule has 0 aromatic rings. The van der Waals surface area contributed by atoms with Gasteiger partial charge in [-0.3, -0.25) is 0 Å². The van der Waals surface area contributed by atoms with Crippen LogP contribution in [0.1, 0.15) is 39.5 Å². The Bertz CT molecular complexity index is 173. The Labute approximate surface area is 74.4 Å². The van der Waals surface area contributed by atoms with Gasteiger partial charge in [-0.05, 0) is 45.4 Å². The summed E-state index contributed by atoms with van der Waals surface area (Å²) in [7, 11) is 0. The summed E-state index contributed by atoms with van der Waals surface area (Å²) in [6.45, 7) is 3.83. The fraction of sp³-hybridized carbons (Fsp3) is 1.00. The maximum absolute atomic E-state index is 9.68. The van der Waals surface area contributed by atoms with Crippen molar-refractivity contribution in [3.05, 3.63) is 0 Å². The molecule has 3 atom stereocenters. The highest BCUT2D eigenvalue weighted by Gasteiger charge is 2.40. The van der Waals surface area contributed by atoms with E-state index >= 15 is 0 Å². The normalized spacial score (nSPS) is 40.8. The molecule has 2 fully saturated rings. The molecule has 2 bridgehead atoms. The van der Waals surface area contributed by atoms with Gasteiger partial charge in [-0.15, -0.1) is 0 Å². The summed E-state index contributed by atoms with van der Waals surface area (Å²) >= 11 is 0. The molecular weight excluding hydrogens is 150 g/mol. The first-order valence-electron chi connectivity index (χ1n) is 5.03. The van der Waals surface area contributed by atoms with Crippen molar-refractivity contribution in [1.82, 2.24) is 5.32 Å². The van der Waals surface area contributed by atoms with Crippen LogP contribution in [0.3, 0.4) is 0 Å². The Morgan fingerprint density at radius 1 is 1.42 bits per heavy atom. The number of aliphatic hydroxyl groups is 1. The zero-order valence-electron chi connectivity index (χ0n) is 8.01. The van der Waals surface area contributed by atoms with Gasteiger partial charge < -0.3 is 10.4 Å². The van der Waals surface area contributed by atoms with Crippen molar-refractivity contribution in [3.8, 4) is 0 Å². The predicted octanol–water partition coefficient (Wildman–Crippen LogP) is 1.29. The van der Waals surface area contributed by atoms with Crippen LogP contribution in [0, 0.1) is 5.92 Å². The Morgan fingerprint density at radius 2 is 2.17 bits per heavy atom. The average molecular weight is 169 g/mol. The molecule has 2 aliphatic heterocycles. The van der Waals surface area contributed by atoms with E-state index in [-0.39, 0.29) is 0 Å². The van der Waals surface area contributed by atoms with E-state index in [1.165, 1.54) is 19.3 Å². The molecule has 0 aromatic heterocycles. The molecule has 2 aliphatic rings. The molecule has 12 heavy (non-hydrogen) atoms. The molecule has 0 amide bonds. The number of hydrogen-bond acceptors (Lipinski definition) is 2. The first kappa shape index (κ1) is 8.52. The van der Waals surface area contributed by atoms with Crippen LogP contribution in [0.4, 0.5) is 0 Å². The lowest BCUT2D eigenvalue weighted by atomic mass is 9.82. The van der Waals surface area contributed by atoms with Gasteiger partial charge in [-0.2, -0.15) is 0 Å². The highest BCUT2D eigenvalue weighted by Crippen LogP contribution is 2.37. The van der Waals surface area contributed by atoms with Crippen molar-refractivity contribution in [3.63, 3.8) is 0 Å². The van der Waals surface area contributed by atoms with Crippen LogP contribution in [0.5, 0.6) is 0 Å². The van der Waals surface area contributed by atoms with Crippen LogP contribution in [0.2, 0.25) is 0 Å². The van der Waals surface area contributed by atoms with E-state index < -0.39 is 5.60 Å². The molecule has 2 saturated heterocycles. The molecule has 2 heterocycles. The third-order valence-corrected chi connectivity index (χ3v) is 3.19. The molecule has 0 spiro atoms. The van der Waals surface area contributed by atoms with Crippen LogP contribution in [-0.4, -0.2) is 22.8 Å². The second kappa shape index (κ2) is 2.71. The summed E-state index contributed by atoms with van der Waals surface area (Å²) in [5.41, 5.74) is -0.475. The summed E-state index contributed by atoms with van der Waals surface area (Å²) < 4.78 is 0. The van der Waals surface area contributed by atoms with Gasteiger partial charge in [0.25, 0.3) is 0 Å². The molecule has 0 aliphatic carbocycles. The fourth-order valence-corrected chi connectivity index (χ4v) is 2.80. The third kappa shape index (κ3) is 1.64. The van der Waals surface area contributed by atoms with Crippen molar-refractivity contribution in [1.29, 1.82) is 0 Å². The number of hydrogen-bond donors (Lipinski definition) is 2. The lowest BCUT2D eigenvalue weighted by Gasteiger charge is -2.26. The van der Waals surface area contributed by atoms with Gasteiger partial charge in [0.15, 0.2) is 0 Å². The highest BCUT2D eigenvalue weighted by molar-refractivity contribution is 4.98. The molecule has 70 valence electrons. The minimum absolute atomic E-state index is 0.475. The molecular formula is C10H19NO. The van der Waals surface area contributed by atoms with Crippen molar-refractivity contribution in [2.24, 2.45) is 5.92 Å². The number of fused-ring (bicyclic) bond motifs is 2. The van der Waals surface area contributed by atoms with Gasteiger partial charge in [-0.1, -0.05) is 0 Å². The molecule has 0 radical (unpaired) electrons. The molecule has 0 saturated carbocycles. The minimum atomic E-state index is -0.475. The standard InChI is InChI=1S/C10H19NO/c1-10(2,12)6-7-5-8-3-4-9(7)11-8/h7-9,11-12H,3-6H2,1-2H3/t7?,8-,9?/m1/s1. The maximum atomic E-state index is 9.68. The van der Waals surface area contributed by atoms with Crippen molar-refractivity contribution >= 4 is 0 Å². The Morgan fingerprint density at radius 3 is 2.58 bits per heavy atom. The van der Waals surface area contributed by atoms with E-state index in [0.717, 1.165) is 18.4 Å². The van der Waals surface area contributed by atoms with Crippen LogP contribution in [-0.2, 0) is 0 Å². The van der Waals surface area contributed by atoms with E-state index in [0.29, 0.717) is 6.04 Å². The van der Waals surface area contributed by atoms with Crippen LogP contribution < -0.4 is 5.32 Å². The Hall–Kier alpha value is -0.0800. The quantitative estimate of drug-likeness (QED) is 0.653. The van der Waals surface area contributed by atoms with Gasteiger partial charge in [0.2, 0.25) is 0 Å². The SMILES string of the molecule is CC(C)(O)CC1C[C@H]2CCC1N2. The molecule has 2 nitrogen and oxygen atoms in total. The van der Waals surface area contributed by atoms with Crippen LogP contribution in [0.25, 0.3) is 0 Å². The first-order valence-corrected chi connectivity index (χ1v) is 5.03. The van der Waals surface area contributed by atoms with Crippen molar-refractivity contribution in [2.45, 2.75) is 57.2 Å². The molecule has 2 N–H and O–H groups in total. The maximum Gasteiger partial charge on any atom is 0.0595 e. The second-order valence-corrected chi connectivity index (χ2v) is 5.06. The molecule has 2 rings (SSSR count). The molecule has 0 aromatic carbocycles. The van der Waals surface area contributed by atoms with Crippen molar-refractivity contribution in [2.75, 3.05) is 0 Å². The van der Waals surface area contributed by atoms with E-state index in [9.17, 15) is 5.11 Å². The zero-order valence-corrected chi connectivity index (χ0v) is 8.01. The summed E-state index contributed by atoms with van der Waals surface area (Å²) in [6.07, 6.45) is 4.92. The van der Waals surface area contributed by atoms with Gasteiger partial charge in [0.05, 0.1) is 5.60 Å². The molecule has 2 unspecified atom stereocenters. The molecule has 2 heteroatoms. The van der Waals surface area contributed by atoms with Gasteiger partial charge in [0, 0.05) is 12.1 Å². The average Bonchev–Trinajstić information content (AvgIpc) is 2.42. The number of rotatable bonds is 2. The second-order valence-electron chi connectivity index (χ2n) is 5.06. The smallest absolute Gasteiger partial charge is 0.0595 e. The fourth-order valence-electron chi connectivity index (χ4n) is 2.80. The van der Waals surface area contributed by atoms with Crippen molar-refractivity contribution < 1.29 is 5.11 Å². The summed E-state index contributed by atoms with van der Waals surface area (Å²) in [6, 6.07) is 1.48. The van der Waals surface area contributed by atoms with E-state index in [1.54, 1.807) is 0 Å². The monoisotopic (exact) mass is 169 g/mol. The van der Waals surface area contributed by atoms with Gasteiger partial charge in [-0.25, -0.2) is 0 Å². The van der Waals surface area contributed by atoms with Crippen LogP contribution >= 0.6 is 0 Å². The topological polar surface area (TPSA) is 32.3 Å². The first-order chi connectivity index (χ1) is 5.54. The highest BCUT2D eigenvalue weighted by atomic mass is 16.3. The number of nitrogens with one attached hydrogen (secondary N) is 1. The Balaban J connectivity index is 1.91.